The van der Waals surface area contributed by atoms with Gasteiger partial charge < -0.3 is 15.7 Å². The van der Waals surface area contributed by atoms with Crippen molar-refractivity contribution in [1.82, 2.24) is 10.6 Å². The Hall–Kier alpha value is -3.41. The molecule has 2 aromatic carbocycles. The predicted molar refractivity (Wildman–Crippen MR) is 107 cm³/mol. The van der Waals surface area contributed by atoms with E-state index in [-0.39, 0.29) is 23.9 Å². The monoisotopic (exact) mass is 380 g/mol. The fourth-order valence-corrected chi connectivity index (χ4v) is 2.53. The lowest BCUT2D eigenvalue weighted by Crippen LogP contribution is -2.35. The fraction of sp³-hybridized carbons (Fsp3) is 0.227. The van der Waals surface area contributed by atoms with Gasteiger partial charge in [0.05, 0.1) is 0 Å². The highest BCUT2D eigenvalue weighted by Crippen LogP contribution is 2.07. The number of hydrogen-bond donors (Lipinski definition) is 3. The summed E-state index contributed by atoms with van der Waals surface area (Å²) in [5.74, 6) is -1.56. The lowest BCUT2D eigenvalue weighted by molar-refractivity contribution is -0.137. The van der Waals surface area contributed by atoms with E-state index in [0.717, 1.165) is 5.56 Å². The molecular formula is C22H24N2O4. The van der Waals surface area contributed by atoms with Gasteiger partial charge in [0.1, 0.15) is 5.70 Å². The van der Waals surface area contributed by atoms with Crippen molar-refractivity contribution in [2.24, 2.45) is 0 Å². The van der Waals surface area contributed by atoms with Crippen LogP contribution >= 0.6 is 0 Å². The highest BCUT2D eigenvalue weighted by molar-refractivity contribution is 6.05. The van der Waals surface area contributed by atoms with Crippen molar-refractivity contribution < 1.29 is 19.5 Å². The van der Waals surface area contributed by atoms with Gasteiger partial charge in [0, 0.05) is 18.5 Å². The Bertz CT molecular complexity index is 817. The summed E-state index contributed by atoms with van der Waals surface area (Å²) in [6, 6.07) is 17.9. The van der Waals surface area contributed by atoms with Crippen LogP contribution in [0, 0.1) is 0 Å². The molecule has 2 aromatic rings. The van der Waals surface area contributed by atoms with Crippen molar-refractivity contribution in [3.8, 4) is 0 Å². The summed E-state index contributed by atoms with van der Waals surface area (Å²) >= 11 is 0. The lowest BCUT2D eigenvalue weighted by Gasteiger charge is -2.11. The van der Waals surface area contributed by atoms with Crippen molar-refractivity contribution in [2.75, 3.05) is 6.54 Å². The number of unbranched alkanes of at least 4 members (excludes halogenated alkanes) is 2. The van der Waals surface area contributed by atoms with Crippen LogP contribution in [0.25, 0.3) is 6.08 Å². The number of rotatable bonds is 10. The summed E-state index contributed by atoms with van der Waals surface area (Å²) in [5.41, 5.74) is 1.41. The zero-order valence-corrected chi connectivity index (χ0v) is 15.6. The van der Waals surface area contributed by atoms with Gasteiger partial charge in [-0.2, -0.15) is 0 Å². The van der Waals surface area contributed by atoms with E-state index in [1.54, 1.807) is 30.3 Å². The second-order valence-electron chi connectivity index (χ2n) is 6.25. The summed E-state index contributed by atoms with van der Waals surface area (Å²) in [6.45, 7) is 0.409. The van der Waals surface area contributed by atoms with Crippen molar-refractivity contribution in [3.63, 3.8) is 0 Å². The van der Waals surface area contributed by atoms with Gasteiger partial charge in [0.25, 0.3) is 11.8 Å². The van der Waals surface area contributed by atoms with Gasteiger partial charge in [-0.3, -0.25) is 14.4 Å². The van der Waals surface area contributed by atoms with Crippen LogP contribution in [0.2, 0.25) is 0 Å². The summed E-state index contributed by atoms with van der Waals surface area (Å²) in [7, 11) is 0. The van der Waals surface area contributed by atoms with Crippen LogP contribution in [0.4, 0.5) is 0 Å². The number of benzene rings is 2. The first-order chi connectivity index (χ1) is 13.6. The topological polar surface area (TPSA) is 95.5 Å². The molecule has 0 unspecified atom stereocenters. The Kier molecular flexibility index (Phi) is 8.46. The molecule has 3 N–H and O–H groups in total. The highest BCUT2D eigenvalue weighted by Gasteiger charge is 2.14. The molecule has 0 bridgehead atoms. The summed E-state index contributed by atoms with van der Waals surface area (Å²) in [6.07, 6.45) is 3.70. The third-order valence-corrected chi connectivity index (χ3v) is 3.99. The third kappa shape index (κ3) is 7.45. The van der Waals surface area contributed by atoms with E-state index in [0.29, 0.717) is 31.4 Å². The molecule has 0 aromatic heterocycles. The Morgan fingerprint density at radius 3 is 2.14 bits per heavy atom. The Morgan fingerprint density at radius 2 is 1.50 bits per heavy atom. The van der Waals surface area contributed by atoms with E-state index in [4.69, 9.17) is 5.11 Å². The van der Waals surface area contributed by atoms with E-state index in [9.17, 15) is 14.4 Å². The molecule has 0 fully saturated rings. The predicted octanol–water partition coefficient (Wildman–Crippen LogP) is 3.22. The molecule has 0 aliphatic rings. The minimum atomic E-state index is -0.819. The van der Waals surface area contributed by atoms with Crippen LogP contribution in [0.15, 0.2) is 66.4 Å². The maximum atomic E-state index is 12.6. The van der Waals surface area contributed by atoms with E-state index < -0.39 is 5.97 Å². The second-order valence-corrected chi connectivity index (χ2v) is 6.25. The van der Waals surface area contributed by atoms with Gasteiger partial charge in [-0.1, -0.05) is 55.0 Å². The van der Waals surface area contributed by atoms with Crippen LogP contribution in [0.5, 0.6) is 0 Å². The molecule has 28 heavy (non-hydrogen) atoms. The molecule has 146 valence electrons. The number of carbonyl (C=O) groups is 3. The van der Waals surface area contributed by atoms with E-state index in [1.807, 2.05) is 36.4 Å². The zero-order chi connectivity index (χ0) is 20.2. The smallest absolute Gasteiger partial charge is 0.303 e. The van der Waals surface area contributed by atoms with Gasteiger partial charge >= 0.3 is 5.97 Å². The number of carboxylic acid groups (broad SMARTS) is 1. The SMILES string of the molecule is O=C(O)CCCCCNC(=O)C(=Cc1ccccc1)NC(=O)c1ccccc1. The Balaban J connectivity index is 2.00. The number of nitrogens with one attached hydrogen (secondary N) is 2. The number of carboxylic acids is 1. The zero-order valence-electron chi connectivity index (χ0n) is 15.6. The molecule has 0 heterocycles. The molecule has 6 nitrogen and oxygen atoms in total. The van der Waals surface area contributed by atoms with Crippen molar-refractivity contribution in [1.29, 1.82) is 0 Å². The minimum Gasteiger partial charge on any atom is -0.481 e. The molecule has 0 spiro atoms. The fourth-order valence-electron chi connectivity index (χ4n) is 2.53. The molecule has 6 heteroatoms. The number of hydrogen-bond acceptors (Lipinski definition) is 3. The number of aliphatic carboxylic acids is 1. The highest BCUT2D eigenvalue weighted by atomic mass is 16.4. The summed E-state index contributed by atoms with van der Waals surface area (Å²) < 4.78 is 0. The van der Waals surface area contributed by atoms with Crippen LogP contribution in [-0.4, -0.2) is 29.4 Å². The number of amides is 2. The van der Waals surface area contributed by atoms with E-state index in [1.165, 1.54) is 0 Å². The molecule has 2 rings (SSSR count). The Morgan fingerprint density at radius 1 is 0.857 bits per heavy atom. The second kappa shape index (κ2) is 11.3. The van der Waals surface area contributed by atoms with E-state index in [2.05, 4.69) is 10.6 Å². The summed E-state index contributed by atoms with van der Waals surface area (Å²) in [5, 5.41) is 14.1. The van der Waals surface area contributed by atoms with Crippen LogP contribution < -0.4 is 10.6 Å². The maximum absolute atomic E-state index is 12.6. The first-order valence-electron chi connectivity index (χ1n) is 9.19. The first kappa shape index (κ1) is 20.9. The van der Waals surface area contributed by atoms with Crippen LogP contribution in [0.3, 0.4) is 0 Å². The molecule has 0 radical (unpaired) electrons. The van der Waals surface area contributed by atoms with Crippen LogP contribution in [0.1, 0.15) is 41.6 Å². The minimum absolute atomic E-state index is 0.125. The molecule has 0 saturated heterocycles. The summed E-state index contributed by atoms with van der Waals surface area (Å²) in [4.78, 5) is 35.5. The molecule has 0 atom stereocenters. The van der Waals surface area contributed by atoms with Gasteiger partial charge in [-0.05, 0) is 36.6 Å². The Labute approximate surface area is 164 Å². The molecule has 0 aliphatic heterocycles. The third-order valence-electron chi connectivity index (χ3n) is 3.99. The standard InChI is InChI=1S/C22H24N2O4/c25-20(26)14-8-3-9-15-23-22(28)19(16-17-10-4-1-5-11-17)24-21(27)18-12-6-2-7-13-18/h1-2,4-7,10-13,16H,3,8-9,14-15H2,(H,23,28)(H,24,27)(H,25,26). The van der Waals surface area contributed by atoms with Crippen molar-refractivity contribution >= 4 is 23.9 Å². The van der Waals surface area contributed by atoms with Gasteiger partial charge in [0.2, 0.25) is 0 Å². The lowest BCUT2D eigenvalue weighted by atomic mass is 10.1. The van der Waals surface area contributed by atoms with Crippen molar-refractivity contribution in [2.45, 2.75) is 25.7 Å². The van der Waals surface area contributed by atoms with Gasteiger partial charge in [0.15, 0.2) is 0 Å². The van der Waals surface area contributed by atoms with E-state index >= 15 is 0 Å². The van der Waals surface area contributed by atoms with Crippen molar-refractivity contribution in [3.05, 3.63) is 77.5 Å². The van der Waals surface area contributed by atoms with Gasteiger partial charge in [-0.15, -0.1) is 0 Å². The quantitative estimate of drug-likeness (QED) is 0.436. The number of carbonyl (C=O) groups excluding carboxylic acids is 2. The normalized spacial score (nSPS) is 10.9. The maximum Gasteiger partial charge on any atom is 0.303 e. The average Bonchev–Trinajstić information content (AvgIpc) is 2.71. The molecular weight excluding hydrogens is 356 g/mol. The average molecular weight is 380 g/mol. The largest absolute Gasteiger partial charge is 0.481 e. The molecule has 0 aliphatic carbocycles. The molecule has 0 saturated carbocycles. The first-order valence-corrected chi connectivity index (χ1v) is 9.19. The van der Waals surface area contributed by atoms with Crippen LogP contribution in [-0.2, 0) is 9.59 Å². The molecule has 2 amide bonds. The van der Waals surface area contributed by atoms with Gasteiger partial charge in [-0.25, -0.2) is 0 Å².